The summed E-state index contributed by atoms with van der Waals surface area (Å²) in [7, 11) is 0. The van der Waals surface area contributed by atoms with Gasteiger partial charge in [-0.3, -0.25) is 0 Å². The Morgan fingerprint density at radius 2 is 1.63 bits per heavy atom. The molecule has 0 aliphatic heterocycles. The number of benzene rings is 2. The number of aromatic nitrogens is 2. The van der Waals surface area contributed by atoms with Crippen molar-refractivity contribution in [3.05, 3.63) is 54.1 Å². The zero-order chi connectivity index (χ0) is 19.6. The second kappa shape index (κ2) is 7.02. The van der Waals surface area contributed by atoms with Gasteiger partial charge < -0.3 is 11.5 Å². The van der Waals surface area contributed by atoms with Crippen LogP contribution in [0, 0.1) is 0 Å². The molecule has 0 amide bonds. The lowest BCUT2D eigenvalue weighted by molar-refractivity contribution is -0.137. The van der Waals surface area contributed by atoms with Crippen molar-refractivity contribution in [2.45, 2.75) is 13.1 Å². The number of hydrogen-bond acceptors (Lipinski definition) is 3. The van der Waals surface area contributed by atoms with E-state index in [1.54, 1.807) is 24.3 Å². The Balaban J connectivity index is 2.27. The molecule has 0 fully saturated rings. The van der Waals surface area contributed by atoms with E-state index in [0.29, 0.717) is 10.9 Å². The molecule has 27 heavy (non-hydrogen) atoms. The second-order valence-electron chi connectivity index (χ2n) is 5.65. The molecule has 0 radical (unpaired) electrons. The Kier molecular flexibility index (Phi) is 4.76. The molecule has 3 rings (SSSR count). The average molecular weight is 372 g/mol. The number of rotatable bonds is 2. The fourth-order valence-electron chi connectivity index (χ4n) is 2.51. The number of fused-ring (bicyclic) bond motifs is 1. The third-order valence-electron chi connectivity index (χ3n) is 3.57. The molecule has 4 N–H and O–H groups in total. The molecule has 6 nitrogen and oxygen atoms in total. The predicted molar refractivity (Wildman–Crippen MR) is 98.6 cm³/mol. The van der Waals surface area contributed by atoms with Gasteiger partial charge in [0, 0.05) is 10.9 Å². The van der Waals surface area contributed by atoms with Crippen molar-refractivity contribution < 1.29 is 13.2 Å². The predicted octanol–water partition coefficient (Wildman–Crippen LogP) is 3.64. The standard InChI is InChI=1S/C18H15F3N6/c1-10(22)24-17(23)27-16-12-7-3-5-9-14(12)25-15(26-16)11-6-2-4-8-13(11)18(19,20)21/h2-9H,1H3,(H4,22,23,24,25,26,27). The second-order valence-corrected chi connectivity index (χ2v) is 5.65. The highest BCUT2D eigenvalue weighted by molar-refractivity contribution is 5.97. The number of hydrogen-bond donors (Lipinski definition) is 2. The van der Waals surface area contributed by atoms with Gasteiger partial charge in [-0.25, -0.2) is 15.0 Å². The summed E-state index contributed by atoms with van der Waals surface area (Å²) < 4.78 is 40.1. The average Bonchev–Trinajstić information content (AvgIpc) is 2.60. The van der Waals surface area contributed by atoms with Crippen LogP contribution in [0.3, 0.4) is 0 Å². The molecule has 1 heterocycles. The maximum absolute atomic E-state index is 13.4. The number of nitrogens with two attached hydrogens (primary N) is 2. The number of para-hydroxylation sites is 1. The van der Waals surface area contributed by atoms with Gasteiger partial charge in [0.05, 0.1) is 16.9 Å². The van der Waals surface area contributed by atoms with Gasteiger partial charge in [-0.1, -0.05) is 30.3 Å². The monoisotopic (exact) mass is 372 g/mol. The molecule has 0 aliphatic carbocycles. The summed E-state index contributed by atoms with van der Waals surface area (Å²) in [6.07, 6.45) is -4.55. The van der Waals surface area contributed by atoms with Gasteiger partial charge in [0.2, 0.25) is 5.96 Å². The van der Waals surface area contributed by atoms with Crippen molar-refractivity contribution in [1.82, 2.24) is 9.97 Å². The molecule has 2 aromatic carbocycles. The number of guanidine groups is 1. The van der Waals surface area contributed by atoms with Crippen LogP contribution >= 0.6 is 0 Å². The SMILES string of the molecule is CC(N)=NC(N)=Nc1nc(-c2ccccc2C(F)(F)F)nc2ccccc12. The van der Waals surface area contributed by atoms with Crippen LogP contribution in [0.5, 0.6) is 0 Å². The summed E-state index contributed by atoms with van der Waals surface area (Å²) in [5.41, 5.74) is 10.7. The molecule has 3 aromatic rings. The van der Waals surface area contributed by atoms with Gasteiger partial charge in [0.15, 0.2) is 11.6 Å². The fraction of sp³-hybridized carbons (Fsp3) is 0.111. The molecule has 138 valence electrons. The summed E-state index contributed by atoms with van der Waals surface area (Å²) in [5, 5.41) is 0.526. The maximum Gasteiger partial charge on any atom is 0.417 e. The molecule has 0 unspecified atom stereocenters. The third kappa shape index (κ3) is 4.02. The van der Waals surface area contributed by atoms with E-state index in [9.17, 15) is 13.2 Å². The van der Waals surface area contributed by atoms with E-state index in [1.807, 2.05) is 0 Å². The van der Waals surface area contributed by atoms with Crippen LogP contribution in [-0.2, 0) is 6.18 Å². The minimum absolute atomic E-state index is 0.107. The van der Waals surface area contributed by atoms with E-state index in [-0.39, 0.29) is 29.0 Å². The summed E-state index contributed by atoms with van der Waals surface area (Å²) >= 11 is 0. The van der Waals surface area contributed by atoms with Crippen LogP contribution in [0.15, 0.2) is 58.5 Å². The number of amidine groups is 1. The first-order chi connectivity index (χ1) is 12.8. The first-order valence-corrected chi connectivity index (χ1v) is 7.84. The first kappa shape index (κ1) is 18.3. The van der Waals surface area contributed by atoms with Gasteiger partial charge in [-0.2, -0.15) is 18.2 Å². The molecule has 0 saturated carbocycles. The van der Waals surface area contributed by atoms with E-state index >= 15 is 0 Å². The number of alkyl halides is 3. The summed E-state index contributed by atoms with van der Waals surface area (Å²) in [5.74, 6) is 0.0304. The van der Waals surface area contributed by atoms with Gasteiger partial charge in [-0.05, 0) is 25.1 Å². The van der Waals surface area contributed by atoms with Gasteiger partial charge in [0.25, 0.3) is 0 Å². The molecule has 0 aliphatic rings. The molecular weight excluding hydrogens is 357 g/mol. The minimum Gasteiger partial charge on any atom is -0.387 e. The molecule has 9 heteroatoms. The summed E-state index contributed by atoms with van der Waals surface area (Å²) in [6.45, 7) is 1.53. The highest BCUT2D eigenvalue weighted by atomic mass is 19.4. The molecule has 0 atom stereocenters. The number of nitrogens with zero attached hydrogens (tertiary/aromatic N) is 4. The normalized spacial score (nSPS) is 13.2. The van der Waals surface area contributed by atoms with Crippen molar-refractivity contribution in [3.8, 4) is 11.4 Å². The summed E-state index contributed by atoms with van der Waals surface area (Å²) in [6, 6.07) is 11.9. The molecule has 1 aromatic heterocycles. The minimum atomic E-state index is -4.55. The van der Waals surface area contributed by atoms with E-state index < -0.39 is 11.7 Å². The largest absolute Gasteiger partial charge is 0.417 e. The molecule has 0 bridgehead atoms. The zero-order valence-electron chi connectivity index (χ0n) is 14.2. The van der Waals surface area contributed by atoms with Gasteiger partial charge >= 0.3 is 6.18 Å². The zero-order valence-corrected chi connectivity index (χ0v) is 14.2. The maximum atomic E-state index is 13.4. The molecular formula is C18H15F3N6. The van der Waals surface area contributed by atoms with Crippen LogP contribution in [-0.4, -0.2) is 21.8 Å². The van der Waals surface area contributed by atoms with E-state index in [2.05, 4.69) is 20.0 Å². The van der Waals surface area contributed by atoms with Crippen LogP contribution in [0.25, 0.3) is 22.3 Å². The van der Waals surface area contributed by atoms with Crippen molar-refractivity contribution in [1.29, 1.82) is 0 Å². The molecule has 0 spiro atoms. The lowest BCUT2D eigenvalue weighted by Gasteiger charge is -2.12. The van der Waals surface area contributed by atoms with Gasteiger partial charge in [-0.15, -0.1) is 0 Å². The Labute approximate surface area is 152 Å². The summed E-state index contributed by atoms with van der Waals surface area (Å²) in [4.78, 5) is 16.4. The smallest absolute Gasteiger partial charge is 0.387 e. The third-order valence-corrected chi connectivity index (χ3v) is 3.57. The van der Waals surface area contributed by atoms with E-state index in [4.69, 9.17) is 11.5 Å². The van der Waals surface area contributed by atoms with Crippen LogP contribution in [0.2, 0.25) is 0 Å². The first-order valence-electron chi connectivity index (χ1n) is 7.84. The highest BCUT2D eigenvalue weighted by Crippen LogP contribution is 2.37. The van der Waals surface area contributed by atoms with Crippen molar-refractivity contribution in [2.24, 2.45) is 21.5 Å². The van der Waals surface area contributed by atoms with Crippen molar-refractivity contribution >= 4 is 28.5 Å². The Morgan fingerprint density at radius 3 is 2.33 bits per heavy atom. The Morgan fingerprint density at radius 1 is 0.963 bits per heavy atom. The fourth-order valence-corrected chi connectivity index (χ4v) is 2.51. The van der Waals surface area contributed by atoms with Crippen molar-refractivity contribution in [3.63, 3.8) is 0 Å². The highest BCUT2D eigenvalue weighted by Gasteiger charge is 2.34. The number of aliphatic imine (C=N–C) groups is 2. The Bertz CT molecular complexity index is 1050. The lowest BCUT2D eigenvalue weighted by atomic mass is 10.1. The van der Waals surface area contributed by atoms with Crippen LogP contribution in [0.4, 0.5) is 19.0 Å². The quantitative estimate of drug-likeness (QED) is 0.529. The van der Waals surface area contributed by atoms with E-state index in [1.165, 1.54) is 25.1 Å². The lowest BCUT2D eigenvalue weighted by Crippen LogP contribution is -2.15. The van der Waals surface area contributed by atoms with Crippen LogP contribution < -0.4 is 11.5 Å². The van der Waals surface area contributed by atoms with Crippen LogP contribution in [0.1, 0.15) is 12.5 Å². The number of halogens is 3. The molecule has 0 saturated heterocycles. The Hall–Kier alpha value is -3.49. The van der Waals surface area contributed by atoms with Gasteiger partial charge in [0.1, 0.15) is 0 Å². The van der Waals surface area contributed by atoms with Crippen molar-refractivity contribution in [2.75, 3.05) is 0 Å². The van der Waals surface area contributed by atoms with E-state index in [0.717, 1.165) is 6.07 Å². The topological polar surface area (TPSA) is 103 Å².